The Bertz CT molecular complexity index is 862. The predicted molar refractivity (Wildman–Crippen MR) is 136 cm³/mol. The molecule has 35 heavy (non-hydrogen) atoms. The molecule has 1 aromatic rings. The highest BCUT2D eigenvalue weighted by Gasteiger charge is 2.34. The SMILES string of the molecule is COCCCNc1nc(C(C)(C)C)ncc1C(=O)CC1CNCC(C(=O)N2CC(C)OC(C)C2)C1. The van der Waals surface area contributed by atoms with Gasteiger partial charge in [-0.3, -0.25) is 9.59 Å². The number of nitrogens with one attached hydrogen (secondary N) is 2. The summed E-state index contributed by atoms with van der Waals surface area (Å²) in [7, 11) is 1.67. The van der Waals surface area contributed by atoms with Crippen LogP contribution in [0, 0.1) is 11.8 Å². The summed E-state index contributed by atoms with van der Waals surface area (Å²) in [4.78, 5) is 37.7. The van der Waals surface area contributed by atoms with Gasteiger partial charge in [-0.25, -0.2) is 9.97 Å². The van der Waals surface area contributed by atoms with Crippen molar-refractivity contribution >= 4 is 17.5 Å². The predicted octanol–water partition coefficient (Wildman–Crippen LogP) is 2.66. The van der Waals surface area contributed by atoms with E-state index in [4.69, 9.17) is 14.5 Å². The van der Waals surface area contributed by atoms with Crippen LogP contribution in [0.2, 0.25) is 0 Å². The molecule has 3 heterocycles. The van der Waals surface area contributed by atoms with Crippen molar-refractivity contribution in [1.82, 2.24) is 20.2 Å². The van der Waals surface area contributed by atoms with Crippen LogP contribution in [0.4, 0.5) is 5.82 Å². The average molecular weight is 490 g/mol. The minimum absolute atomic E-state index is 0.00761. The summed E-state index contributed by atoms with van der Waals surface area (Å²) in [5.74, 6) is 1.42. The van der Waals surface area contributed by atoms with E-state index in [1.807, 2.05) is 18.7 Å². The number of nitrogens with zero attached hydrogens (tertiary/aromatic N) is 3. The molecule has 0 saturated carbocycles. The van der Waals surface area contributed by atoms with Gasteiger partial charge in [-0.2, -0.15) is 0 Å². The van der Waals surface area contributed by atoms with Gasteiger partial charge in [-0.05, 0) is 39.2 Å². The molecule has 0 bridgehead atoms. The molecule has 9 heteroatoms. The largest absolute Gasteiger partial charge is 0.385 e. The average Bonchev–Trinajstić information content (AvgIpc) is 2.80. The molecule has 0 aliphatic carbocycles. The quantitative estimate of drug-likeness (QED) is 0.403. The van der Waals surface area contributed by atoms with Crippen LogP contribution in [0.25, 0.3) is 0 Å². The lowest BCUT2D eigenvalue weighted by atomic mass is 9.85. The standard InChI is InChI=1S/C26H43N5O4/c1-17-15-31(16-18(2)35-17)24(33)20-10-19(12-27-13-20)11-22(32)21-14-29-25(26(3,4)5)30-23(21)28-8-7-9-34-6/h14,17-20,27H,7-13,15-16H2,1-6H3,(H,28,29,30). The summed E-state index contributed by atoms with van der Waals surface area (Å²) in [5, 5.41) is 6.70. The maximum atomic E-state index is 13.4. The van der Waals surface area contributed by atoms with E-state index >= 15 is 0 Å². The first-order valence-electron chi connectivity index (χ1n) is 12.9. The maximum absolute atomic E-state index is 13.4. The van der Waals surface area contributed by atoms with E-state index in [-0.39, 0.29) is 41.1 Å². The minimum atomic E-state index is -0.222. The van der Waals surface area contributed by atoms with Gasteiger partial charge in [0.25, 0.3) is 0 Å². The van der Waals surface area contributed by atoms with Crippen molar-refractivity contribution in [3.63, 3.8) is 0 Å². The second kappa shape index (κ2) is 12.2. The third-order valence-corrected chi connectivity index (χ3v) is 6.57. The zero-order valence-corrected chi connectivity index (χ0v) is 22.2. The molecule has 196 valence electrons. The van der Waals surface area contributed by atoms with E-state index < -0.39 is 0 Å². The molecule has 2 aliphatic rings. The van der Waals surface area contributed by atoms with Crippen LogP contribution in [0.15, 0.2) is 6.20 Å². The molecule has 1 aromatic heterocycles. The lowest BCUT2D eigenvalue weighted by Crippen LogP contribution is -2.53. The zero-order chi connectivity index (χ0) is 25.6. The van der Waals surface area contributed by atoms with Crippen molar-refractivity contribution < 1.29 is 19.1 Å². The Hall–Kier alpha value is -2.10. The fraction of sp³-hybridized carbons (Fsp3) is 0.769. The molecule has 2 fully saturated rings. The molecule has 4 unspecified atom stereocenters. The minimum Gasteiger partial charge on any atom is -0.385 e. The van der Waals surface area contributed by atoms with Gasteiger partial charge < -0.3 is 25.0 Å². The first-order valence-corrected chi connectivity index (χ1v) is 12.9. The number of carbonyl (C=O) groups is 2. The second-order valence-electron chi connectivity index (χ2n) is 11.1. The number of amides is 1. The molecule has 4 atom stereocenters. The van der Waals surface area contributed by atoms with Gasteiger partial charge in [0.05, 0.1) is 23.7 Å². The number of hydrogen-bond acceptors (Lipinski definition) is 8. The lowest BCUT2D eigenvalue weighted by molar-refractivity contribution is -0.148. The number of rotatable bonds is 9. The Kier molecular flexibility index (Phi) is 9.61. The number of morpholine rings is 1. The molecule has 2 saturated heterocycles. The third kappa shape index (κ3) is 7.69. The summed E-state index contributed by atoms with van der Waals surface area (Å²) in [6, 6.07) is 0. The lowest BCUT2D eigenvalue weighted by Gasteiger charge is -2.39. The first-order chi connectivity index (χ1) is 16.6. The summed E-state index contributed by atoms with van der Waals surface area (Å²) in [6.07, 6.45) is 3.62. The Morgan fingerprint density at radius 1 is 1.23 bits per heavy atom. The highest BCUT2D eigenvalue weighted by molar-refractivity contribution is 6.00. The van der Waals surface area contributed by atoms with Gasteiger partial charge in [0.1, 0.15) is 11.6 Å². The van der Waals surface area contributed by atoms with Gasteiger partial charge in [-0.1, -0.05) is 20.8 Å². The summed E-state index contributed by atoms with van der Waals surface area (Å²) >= 11 is 0. The smallest absolute Gasteiger partial charge is 0.227 e. The summed E-state index contributed by atoms with van der Waals surface area (Å²) < 4.78 is 10.9. The van der Waals surface area contributed by atoms with Crippen LogP contribution in [0.5, 0.6) is 0 Å². The number of hydrogen-bond donors (Lipinski definition) is 2. The maximum Gasteiger partial charge on any atom is 0.227 e. The van der Waals surface area contributed by atoms with Crippen LogP contribution < -0.4 is 10.6 Å². The van der Waals surface area contributed by atoms with Crippen molar-refractivity contribution in [1.29, 1.82) is 0 Å². The fourth-order valence-electron chi connectivity index (χ4n) is 4.87. The number of piperidine rings is 1. The molecular weight excluding hydrogens is 446 g/mol. The first kappa shape index (κ1) is 27.5. The normalized spacial score (nSPS) is 25.4. The van der Waals surface area contributed by atoms with Crippen LogP contribution in [0.3, 0.4) is 0 Å². The van der Waals surface area contributed by atoms with Crippen molar-refractivity contribution in [3.05, 3.63) is 17.6 Å². The van der Waals surface area contributed by atoms with Gasteiger partial charge >= 0.3 is 0 Å². The zero-order valence-electron chi connectivity index (χ0n) is 22.2. The van der Waals surface area contributed by atoms with Crippen molar-refractivity contribution in [2.24, 2.45) is 11.8 Å². The number of ketones is 1. The molecule has 2 N–H and O–H groups in total. The van der Waals surface area contributed by atoms with E-state index in [0.29, 0.717) is 62.8 Å². The number of anilines is 1. The third-order valence-electron chi connectivity index (χ3n) is 6.57. The topological polar surface area (TPSA) is 106 Å². The number of carbonyl (C=O) groups excluding carboxylic acids is 2. The molecule has 2 aliphatic heterocycles. The van der Waals surface area contributed by atoms with Crippen LogP contribution in [-0.2, 0) is 19.7 Å². The molecular formula is C26H43N5O4. The molecule has 0 spiro atoms. The number of Topliss-reactive ketones (excluding diaryl/α,β-unsaturated/α-hetero) is 1. The van der Waals surface area contributed by atoms with Gasteiger partial charge in [0.2, 0.25) is 5.91 Å². The monoisotopic (exact) mass is 489 g/mol. The van der Waals surface area contributed by atoms with Crippen LogP contribution >= 0.6 is 0 Å². The molecule has 0 aromatic carbocycles. The van der Waals surface area contributed by atoms with E-state index in [1.165, 1.54) is 0 Å². The molecule has 3 rings (SSSR count). The number of methoxy groups -OCH3 is 1. The summed E-state index contributed by atoms with van der Waals surface area (Å²) in [5.41, 5.74) is 0.291. The van der Waals surface area contributed by atoms with Gasteiger partial charge in [-0.15, -0.1) is 0 Å². The number of ether oxygens (including phenoxy) is 2. The van der Waals surface area contributed by atoms with E-state index in [9.17, 15) is 9.59 Å². The van der Waals surface area contributed by atoms with Crippen molar-refractivity contribution in [2.45, 2.75) is 71.5 Å². The molecule has 1 amide bonds. The Labute approximate surface area is 209 Å². The summed E-state index contributed by atoms with van der Waals surface area (Å²) in [6.45, 7) is 14.1. The highest BCUT2D eigenvalue weighted by atomic mass is 16.5. The van der Waals surface area contributed by atoms with Crippen molar-refractivity contribution in [2.75, 3.05) is 51.8 Å². The van der Waals surface area contributed by atoms with Crippen molar-refractivity contribution in [3.8, 4) is 0 Å². The fourth-order valence-corrected chi connectivity index (χ4v) is 4.87. The van der Waals surface area contributed by atoms with Crippen LogP contribution in [0.1, 0.15) is 70.1 Å². The Morgan fingerprint density at radius 3 is 2.60 bits per heavy atom. The van der Waals surface area contributed by atoms with Crippen LogP contribution in [-0.4, -0.2) is 85.2 Å². The number of aromatic nitrogens is 2. The van der Waals surface area contributed by atoms with Gasteiger partial charge in [0, 0.05) is 57.9 Å². The van der Waals surface area contributed by atoms with Gasteiger partial charge in [0.15, 0.2) is 5.78 Å². The van der Waals surface area contributed by atoms with E-state index in [1.54, 1.807) is 13.3 Å². The Morgan fingerprint density at radius 2 is 1.94 bits per heavy atom. The highest BCUT2D eigenvalue weighted by Crippen LogP contribution is 2.27. The molecule has 0 radical (unpaired) electrons. The second-order valence-corrected chi connectivity index (χ2v) is 11.1. The van der Waals surface area contributed by atoms with E-state index in [0.717, 1.165) is 13.0 Å². The van der Waals surface area contributed by atoms with E-state index in [2.05, 4.69) is 36.4 Å². The molecule has 9 nitrogen and oxygen atoms in total. The Balaban J connectivity index is 1.67.